The summed E-state index contributed by atoms with van der Waals surface area (Å²) in [5.74, 6) is 0.350. The molecular weight excluding hydrogens is 246 g/mol. The lowest BCUT2D eigenvalue weighted by Gasteiger charge is -2.05. The number of ether oxygens (including phenoxy) is 1. The zero-order chi connectivity index (χ0) is 13.7. The zero-order valence-corrected chi connectivity index (χ0v) is 9.89. The Balaban J connectivity index is 2.16. The van der Waals surface area contributed by atoms with Crippen LogP contribution in [0.4, 0.5) is 11.4 Å². The lowest BCUT2D eigenvalue weighted by molar-refractivity contribution is -0.383. The molecule has 0 fully saturated rings. The summed E-state index contributed by atoms with van der Waals surface area (Å²) in [5.41, 5.74) is 0.561. The Kier molecular flexibility index (Phi) is 3.69. The van der Waals surface area contributed by atoms with E-state index in [0.717, 1.165) is 5.56 Å². The van der Waals surface area contributed by atoms with Gasteiger partial charge in [-0.15, -0.1) is 0 Å². The molecular formula is C13H10N3O3+. The van der Waals surface area contributed by atoms with Gasteiger partial charge in [0.15, 0.2) is 4.98 Å². The Morgan fingerprint density at radius 3 is 2.58 bits per heavy atom. The van der Waals surface area contributed by atoms with Gasteiger partial charge in [-0.2, -0.15) is 0 Å². The molecule has 6 heteroatoms. The Bertz CT molecular complexity index is 635. The molecule has 0 bridgehead atoms. The fraction of sp³-hybridized carbons (Fsp3) is 0.0769. The number of nitro groups is 1. The van der Waals surface area contributed by atoms with E-state index in [0.29, 0.717) is 12.4 Å². The van der Waals surface area contributed by atoms with Gasteiger partial charge in [0.2, 0.25) is 5.39 Å². The number of hydrogen-bond donors (Lipinski definition) is 0. The topological polar surface area (TPSA) is 80.5 Å². The van der Waals surface area contributed by atoms with Crippen LogP contribution in [0, 0.1) is 15.5 Å². The van der Waals surface area contributed by atoms with Crippen LogP contribution in [0.1, 0.15) is 5.56 Å². The molecule has 0 N–H and O–H groups in total. The number of rotatable bonds is 4. The first kappa shape index (κ1) is 12.5. The zero-order valence-electron chi connectivity index (χ0n) is 9.89. The summed E-state index contributed by atoms with van der Waals surface area (Å²) in [6, 6.07) is 13.5. The highest BCUT2D eigenvalue weighted by molar-refractivity contribution is 5.64. The predicted molar refractivity (Wildman–Crippen MR) is 68.6 cm³/mol. The molecule has 0 radical (unpaired) electrons. The molecule has 0 saturated heterocycles. The minimum atomic E-state index is -0.621. The molecule has 0 saturated carbocycles. The van der Waals surface area contributed by atoms with E-state index in [-0.39, 0.29) is 11.4 Å². The van der Waals surface area contributed by atoms with E-state index in [1.807, 2.05) is 30.3 Å². The van der Waals surface area contributed by atoms with Gasteiger partial charge in [0.1, 0.15) is 12.4 Å². The first-order valence-electron chi connectivity index (χ1n) is 5.51. The maximum atomic E-state index is 10.8. The molecule has 0 aliphatic rings. The van der Waals surface area contributed by atoms with Gasteiger partial charge < -0.3 is 4.74 Å². The summed E-state index contributed by atoms with van der Waals surface area (Å²) < 4.78 is 5.45. The summed E-state index contributed by atoms with van der Waals surface area (Å²) in [7, 11) is 0. The van der Waals surface area contributed by atoms with Crippen molar-refractivity contribution >= 4 is 11.4 Å². The van der Waals surface area contributed by atoms with Crippen molar-refractivity contribution in [3.8, 4) is 5.75 Å². The third-order valence-electron chi connectivity index (χ3n) is 2.50. The van der Waals surface area contributed by atoms with E-state index < -0.39 is 4.92 Å². The largest absolute Gasteiger partial charge is 0.489 e. The maximum absolute atomic E-state index is 10.8. The highest BCUT2D eigenvalue weighted by Crippen LogP contribution is 2.31. The van der Waals surface area contributed by atoms with E-state index >= 15 is 0 Å². The van der Waals surface area contributed by atoms with Crippen LogP contribution in [0.3, 0.4) is 0 Å². The third kappa shape index (κ3) is 3.04. The summed E-state index contributed by atoms with van der Waals surface area (Å²) in [6.07, 6.45) is 0. The van der Waals surface area contributed by atoms with E-state index in [2.05, 4.69) is 4.98 Å². The van der Waals surface area contributed by atoms with Crippen molar-refractivity contribution in [3.63, 3.8) is 0 Å². The van der Waals surface area contributed by atoms with Crippen molar-refractivity contribution in [1.29, 1.82) is 5.39 Å². The van der Waals surface area contributed by atoms with Crippen molar-refractivity contribution in [2.45, 2.75) is 6.61 Å². The standard InChI is InChI=1S/C13H10N3O3/c14-15-12-7-6-11(8-13(12)16(17)18)19-9-10-4-2-1-3-5-10/h1-8H,9H2/q+1. The maximum Gasteiger partial charge on any atom is 0.461 e. The molecule has 0 aliphatic heterocycles. The van der Waals surface area contributed by atoms with Gasteiger partial charge in [-0.25, -0.2) is 0 Å². The molecule has 0 spiro atoms. The number of benzene rings is 2. The minimum absolute atomic E-state index is 0.0999. The monoisotopic (exact) mass is 256 g/mol. The molecule has 0 aliphatic carbocycles. The van der Waals surface area contributed by atoms with Gasteiger partial charge in [-0.3, -0.25) is 10.1 Å². The van der Waals surface area contributed by atoms with Crippen LogP contribution in [0.2, 0.25) is 0 Å². The average Bonchev–Trinajstić information content (AvgIpc) is 2.46. The highest BCUT2D eigenvalue weighted by atomic mass is 16.6. The second-order valence-corrected chi connectivity index (χ2v) is 3.78. The minimum Gasteiger partial charge on any atom is -0.489 e. The molecule has 0 aromatic heterocycles. The summed E-state index contributed by atoms with van der Waals surface area (Å²) in [6.45, 7) is 0.313. The molecule has 6 nitrogen and oxygen atoms in total. The first-order chi connectivity index (χ1) is 9.20. The number of hydrogen-bond acceptors (Lipinski definition) is 4. The van der Waals surface area contributed by atoms with Crippen molar-refractivity contribution in [3.05, 3.63) is 69.2 Å². The van der Waals surface area contributed by atoms with E-state index in [1.54, 1.807) is 0 Å². The molecule has 0 amide bonds. The highest BCUT2D eigenvalue weighted by Gasteiger charge is 2.25. The molecule has 0 heterocycles. The van der Waals surface area contributed by atoms with Crippen LogP contribution in [0.5, 0.6) is 5.75 Å². The Morgan fingerprint density at radius 2 is 1.95 bits per heavy atom. The van der Waals surface area contributed by atoms with Crippen LogP contribution in [-0.2, 0) is 6.61 Å². The van der Waals surface area contributed by atoms with Crippen molar-refractivity contribution < 1.29 is 9.66 Å². The van der Waals surface area contributed by atoms with Crippen LogP contribution < -0.4 is 4.74 Å². The van der Waals surface area contributed by atoms with Crippen LogP contribution >= 0.6 is 0 Å². The van der Waals surface area contributed by atoms with Crippen molar-refractivity contribution in [1.82, 2.24) is 0 Å². The molecule has 0 unspecified atom stereocenters. The fourth-order valence-corrected chi connectivity index (χ4v) is 1.56. The average molecular weight is 256 g/mol. The van der Waals surface area contributed by atoms with Gasteiger partial charge in [0, 0.05) is 6.07 Å². The van der Waals surface area contributed by atoms with Gasteiger partial charge in [0.05, 0.1) is 11.0 Å². The van der Waals surface area contributed by atoms with Gasteiger partial charge >= 0.3 is 11.4 Å². The number of diazo groups is 1. The lowest BCUT2D eigenvalue weighted by atomic mass is 10.2. The Hall–Kier alpha value is -2.94. The van der Waals surface area contributed by atoms with Crippen molar-refractivity contribution in [2.24, 2.45) is 0 Å². The Labute approximate surface area is 109 Å². The van der Waals surface area contributed by atoms with Gasteiger partial charge in [0.25, 0.3) is 0 Å². The summed E-state index contributed by atoms with van der Waals surface area (Å²) >= 11 is 0. The van der Waals surface area contributed by atoms with Gasteiger partial charge in [-0.05, 0) is 11.6 Å². The fourth-order valence-electron chi connectivity index (χ4n) is 1.56. The predicted octanol–water partition coefficient (Wildman–Crippen LogP) is 3.66. The van der Waals surface area contributed by atoms with Crippen LogP contribution in [-0.4, -0.2) is 4.92 Å². The quantitative estimate of drug-likeness (QED) is 0.475. The number of nitro benzene ring substituents is 1. The molecule has 0 atom stereocenters. The summed E-state index contributed by atoms with van der Waals surface area (Å²) in [4.78, 5) is 13.0. The SMILES string of the molecule is N#[N+]c1ccc(OCc2ccccc2)cc1[N+](=O)[O-]. The molecule has 19 heavy (non-hydrogen) atoms. The lowest BCUT2D eigenvalue weighted by Crippen LogP contribution is -1.96. The second-order valence-electron chi connectivity index (χ2n) is 3.78. The molecule has 94 valence electrons. The molecule has 2 aromatic carbocycles. The molecule has 2 rings (SSSR count). The van der Waals surface area contributed by atoms with Crippen molar-refractivity contribution in [2.75, 3.05) is 0 Å². The Morgan fingerprint density at radius 1 is 1.21 bits per heavy atom. The van der Waals surface area contributed by atoms with Gasteiger partial charge in [-0.1, -0.05) is 30.3 Å². The third-order valence-corrected chi connectivity index (χ3v) is 2.50. The first-order valence-corrected chi connectivity index (χ1v) is 5.51. The normalized spacial score (nSPS) is 9.63. The second kappa shape index (κ2) is 5.60. The number of nitrogens with zero attached hydrogens (tertiary/aromatic N) is 3. The van der Waals surface area contributed by atoms with E-state index in [4.69, 9.17) is 10.1 Å². The van der Waals surface area contributed by atoms with Crippen LogP contribution in [0.25, 0.3) is 4.98 Å². The van der Waals surface area contributed by atoms with E-state index in [9.17, 15) is 10.1 Å². The molecule has 2 aromatic rings. The smallest absolute Gasteiger partial charge is 0.461 e. The van der Waals surface area contributed by atoms with E-state index in [1.165, 1.54) is 18.2 Å². The van der Waals surface area contributed by atoms with Crippen LogP contribution in [0.15, 0.2) is 48.5 Å². The summed E-state index contributed by atoms with van der Waals surface area (Å²) in [5, 5.41) is 19.4.